The fourth-order valence-corrected chi connectivity index (χ4v) is 2.79. The molecule has 1 aromatic rings. The minimum absolute atomic E-state index is 0.286. The van der Waals surface area contributed by atoms with Crippen LogP contribution in [0.2, 0.25) is 0 Å². The predicted octanol–water partition coefficient (Wildman–Crippen LogP) is 4.27. The molecule has 0 aliphatic carbocycles. The van der Waals surface area contributed by atoms with E-state index in [0.717, 1.165) is 24.5 Å². The lowest BCUT2D eigenvalue weighted by atomic mass is 10.1. The van der Waals surface area contributed by atoms with E-state index in [9.17, 15) is 0 Å². The van der Waals surface area contributed by atoms with Crippen molar-refractivity contribution in [3.63, 3.8) is 0 Å². The molecule has 1 atom stereocenters. The van der Waals surface area contributed by atoms with Crippen molar-refractivity contribution in [3.8, 4) is 5.75 Å². The lowest BCUT2D eigenvalue weighted by molar-refractivity contribution is 0.311. The van der Waals surface area contributed by atoms with E-state index in [4.69, 9.17) is 4.74 Å². The maximum absolute atomic E-state index is 5.85. The fraction of sp³-hybridized carbons (Fsp3) is 0.625. The lowest BCUT2D eigenvalue weighted by Gasteiger charge is -2.24. The van der Waals surface area contributed by atoms with E-state index in [1.54, 1.807) is 0 Å². The molecule has 0 bridgehead atoms. The second kappa shape index (κ2) is 7.81. The van der Waals surface area contributed by atoms with Gasteiger partial charge in [0.2, 0.25) is 0 Å². The zero-order valence-electron chi connectivity index (χ0n) is 12.8. The third-order valence-corrected chi connectivity index (χ3v) is 4.15. The molecule has 2 nitrogen and oxygen atoms in total. The molecular weight excluding hydrogens is 254 g/mol. The minimum Gasteiger partial charge on any atom is -0.493 e. The Labute approximate surface area is 122 Å². The molecule has 0 spiro atoms. The van der Waals surface area contributed by atoms with Gasteiger partial charge in [0.1, 0.15) is 5.75 Å². The third kappa shape index (κ3) is 5.87. The first-order valence-electron chi connectivity index (χ1n) is 7.01. The van der Waals surface area contributed by atoms with E-state index in [1.165, 1.54) is 5.56 Å². The molecule has 108 valence electrons. The predicted molar refractivity (Wildman–Crippen MR) is 86.2 cm³/mol. The summed E-state index contributed by atoms with van der Waals surface area (Å²) in [6.07, 6.45) is 1.04. The van der Waals surface area contributed by atoms with Crippen molar-refractivity contribution < 1.29 is 4.74 Å². The van der Waals surface area contributed by atoms with Gasteiger partial charge in [0, 0.05) is 22.1 Å². The van der Waals surface area contributed by atoms with Gasteiger partial charge in [0.25, 0.3) is 0 Å². The molecule has 0 aliphatic rings. The fourth-order valence-electron chi connectivity index (χ4n) is 1.77. The van der Waals surface area contributed by atoms with Crippen molar-refractivity contribution in [2.24, 2.45) is 0 Å². The van der Waals surface area contributed by atoms with E-state index in [2.05, 4.69) is 51.2 Å². The molecule has 1 N–H and O–H groups in total. The second-order valence-corrected chi connectivity index (χ2v) is 7.50. The summed E-state index contributed by atoms with van der Waals surface area (Å²) in [4.78, 5) is 0. The first-order chi connectivity index (χ1) is 8.98. The van der Waals surface area contributed by atoms with E-state index in [0.29, 0.717) is 6.04 Å². The Morgan fingerprint density at radius 3 is 2.53 bits per heavy atom. The Morgan fingerprint density at radius 2 is 1.95 bits per heavy atom. The molecule has 3 heteroatoms. The van der Waals surface area contributed by atoms with Crippen LogP contribution in [-0.4, -0.2) is 24.2 Å². The Balaban J connectivity index is 2.79. The molecule has 0 fully saturated rings. The van der Waals surface area contributed by atoms with Crippen molar-refractivity contribution in [2.45, 2.75) is 44.9 Å². The molecule has 0 radical (unpaired) electrons. The molecule has 19 heavy (non-hydrogen) atoms. The highest BCUT2D eigenvalue weighted by molar-refractivity contribution is 8.00. The van der Waals surface area contributed by atoms with E-state index < -0.39 is 0 Å². The van der Waals surface area contributed by atoms with Gasteiger partial charge in [-0.2, -0.15) is 11.8 Å². The van der Waals surface area contributed by atoms with Crippen LogP contribution >= 0.6 is 11.8 Å². The van der Waals surface area contributed by atoms with E-state index in [-0.39, 0.29) is 4.75 Å². The molecule has 0 saturated heterocycles. The summed E-state index contributed by atoms with van der Waals surface area (Å²) in [7, 11) is 2.02. The summed E-state index contributed by atoms with van der Waals surface area (Å²) in [6, 6.07) is 8.68. The highest BCUT2D eigenvalue weighted by atomic mass is 32.2. The molecule has 1 rings (SSSR count). The summed E-state index contributed by atoms with van der Waals surface area (Å²) in [5, 5.41) is 3.41. The van der Waals surface area contributed by atoms with Crippen molar-refractivity contribution >= 4 is 11.8 Å². The van der Waals surface area contributed by atoms with Gasteiger partial charge in [0.15, 0.2) is 0 Å². The van der Waals surface area contributed by atoms with Crippen molar-refractivity contribution in [3.05, 3.63) is 29.8 Å². The van der Waals surface area contributed by atoms with Gasteiger partial charge in [-0.3, -0.25) is 0 Å². The van der Waals surface area contributed by atoms with Crippen LogP contribution in [0.1, 0.15) is 45.7 Å². The number of rotatable bonds is 7. The van der Waals surface area contributed by atoms with Crippen LogP contribution in [0.3, 0.4) is 0 Å². The summed E-state index contributed by atoms with van der Waals surface area (Å²) in [5.41, 5.74) is 1.26. The highest BCUT2D eigenvalue weighted by Crippen LogP contribution is 2.32. The number of ether oxygens (including phenoxy) is 1. The smallest absolute Gasteiger partial charge is 0.124 e. The van der Waals surface area contributed by atoms with Gasteiger partial charge in [-0.1, -0.05) is 45.9 Å². The topological polar surface area (TPSA) is 21.3 Å². The van der Waals surface area contributed by atoms with Gasteiger partial charge in [0.05, 0.1) is 6.61 Å². The van der Waals surface area contributed by atoms with Gasteiger partial charge < -0.3 is 10.1 Å². The van der Waals surface area contributed by atoms with Gasteiger partial charge in [-0.05, 0) is 19.5 Å². The first kappa shape index (κ1) is 16.4. The number of nitrogens with one attached hydrogen (secondary N) is 1. The summed E-state index contributed by atoms with van der Waals surface area (Å²) in [5.74, 6) is 2.06. The van der Waals surface area contributed by atoms with E-state index in [1.807, 2.05) is 24.9 Å². The molecule has 0 aromatic heterocycles. The number of thioether (sulfide) groups is 1. The lowest BCUT2D eigenvalue weighted by Crippen LogP contribution is -2.22. The van der Waals surface area contributed by atoms with Crippen LogP contribution in [0, 0.1) is 0 Å². The van der Waals surface area contributed by atoms with Crippen molar-refractivity contribution in [2.75, 3.05) is 19.4 Å². The molecular formula is C16H27NOS. The largest absolute Gasteiger partial charge is 0.493 e. The van der Waals surface area contributed by atoms with Crippen LogP contribution in [0.25, 0.3) is 0 Å². The summed E-state index contributed by atoms with van der Waals surface area (Å²) in [6.45, 7) is 9.67. The third-order valence-electron chi connectivity index (χ3n) is 2.79. The average molecular weight is 281 g/mol. The van der Waals surface area contributed by atoms with Gasteiger partial charge in [-0.15, -0.1) is 0 Å². The van der Waals surface area contributed by atoms with E-state index >= 15 is 0 Å². The number of hydrogen-bond acceptors (Lipinski definition) is 3. The Hall–Kier alpha value is -0.670. The average Bonchev–Trinajstić information content (AvgIpc) is 2.37. The van der Waals surface area contributed by atoms with Crippen molar-refractivity contribution in [1.82, 2.24) is 5.32 Å². The molecule has 1 unspecified atom stereocenters. The number of hydrogen-bond donors (Lipinski definition) is 1. The standard InChI is InChI=1S/C16H27NOS/c1-6-11-18-15-10-8-7-9-13(15)14(17-5)12-19-16(2,3)4/h7-10,14,17H,6,11-12H2,1-5H3. The SMILES string of the molecule is CCCOc1ccccc1C(CSC(C)(C)C)NC. The number of para-hydroxylation sites is 1. The minimum atomic E-state index is 0.286. The zero-order valence-corrected chi connectivity index (χ0v) is 13.6. The molecule has 0 aliphatic heterocycles. The molecule has 0 amide bonds. The maximum Gasteiger partial charge on any atom is 0.124 e. The quantitative estimate of drug-likeness (QED) is 0.806. The Bertz CT molecular complexity index is 373. The summed E-state index contributed by atoms with van der Waals surface area (Å²) >= 11 is 1.98. The highest BCUT2D eigenvalue weighted by Gasteiger charge is 2.18. The van der Waals surface area contributed by atoms with Gasteiger partial charge >= 0.3 is 0 Å². The van der Waals surface area contributed by atoms with Crippen LogP contribution in [0.5, 0.6) is 5.75 Å². The monoisotopic (exact) mass is 281 g/mol. The van der Waals surface area contributed by atoms with Crippen LogP contribution in [-0.2, 0) is 0 Å². The van der Waals surface area contributed by atoms with Crippen LogP contribution < -0.4 is 10.1 Å². The van der Waals surface area contributed by atoms with Crippen LogP contribution in [0.15, 0.2) is 24.3 Å². The first-order valence-corrected chi connectivity index (χ1v) is 7.99. The molecule has 1 aromatic carbocycles. The van der Waals surface area contributed by atoms with Gasteiger partial charge in [-0.25, -0.2) is 0 Å². The number of benzene rings is 1. The second-order valence-electron chi connectivity index (χ2n) is 5.65. The molecule has 0 saturated carbocycles. The maximum atomic E-state index is 5.85. The van der Waals surface area contributed by atoms with Crippen molar-refractivity contribution in [1.29, 1.82) is 0 Å². The summed E-state index contributed by atoms with van der Waals surface area (Å²) < 4.78 is 6.14. The zero-order chi connectivity index (χ0) is 14.3. The Kier molecular flexibility index (Phi) is 6.73. The van der Waals surface area contributed by atoms with Crippen LogP contribution in [0.4, 0.5) is 0 Å². The normalized spacial score (nSPS) is 13.3. The molecule has 0 heterocycles. The Morgan fingerprint density at radius 1 is 1.26 bits per heavy atom.